The number of carbonyl (C=O) groups is 1. The van der Waals surface area contributed by atoms with Crippen LogP contribution in [0, 0.1) is 0 Å². The highest BCUT2D eigenvalue weighted by Gasteiger charge is 2.34. The predicted octanol–water partition coefficient (Wildman–Crippen LogP) is 0.773. The molecular formula is C21H36N8O2. The number of carbonyl (C=O) groups excluding carboxylic acids is 1. The first-order valence-electron chi connectivity index (χ1n) is 11.1. The molecule has 0 bridgehead atoms. The molecule has 2 saturated heterocycles. The Morgan fingerprint density at radius 1 is 1.19 bits per heavy atom. The van der Waals surface area contributed by atoms with Gasteiger partial charge in [0.15, 0.2) is 5.96 Å². The lowest BCUT2D eigenvalue weighted by atomic mass is 10.1. The van der Waals surface area contributed by atoms with Crippen LogP contribution in [0.1, 0.15) is 27.7 Å². The van der Waals surface area contributed by atoms with E-state index in [4.69, 9.17) is 9.73 Å². The first kappa shape index (κ1) is 23.1. The van der Waals surface area contributed by atoms with E-state index in [1.54, 1.807) is 17.3 Å². The fourth-order valence-electron chi connectivity index (χ4n) is 3.49. The minimum atomic E-state index is -0.467. The van der Waals surface area contributed by atoms with E-state index in [0.29, 0.717) is 13.1 Å². The van der Waals surface area contributed by atoms with Crippen LogP contribution in [0.15, 0.2) is 23.5 Å². The van der Waals surface area contributed by atoms with E-state index < -0.39 is 5.60 Å². The van der Waals surface area contributed by atoms with Crippen molar-refractivity contribution >= 4 is 18.0 Å². The molecule has 0 spiro atoms. The molecule has 0 radical (unpaired) electrons. The second-order valence-corrected chi connectivity index (χ2v) is 8.86. The summed E-state index contributed by atoms with van der Waals surface area (Å²) in [5.41, 5.74) is -0.467. The third kappa shape index (κ3) is 7.23. The van der Waals surface area contributed by atoms with Crippen molar-refractivity contribution in [1.82, 2.24) is 30.4 Å². The molecule has 3 rings (SSSR count). The topological polar surface area (TPSA) is 98.2 Å². The number of aromatic nitrogens is 2. The lowest BCUT2D eigenvalue weighted by molar-refractivity contribution is 0.00700. The van der Waals surface area contributed by atoms with Gasteiger partial charge in [-0.2, -0.15) is 0 Å². The summed E-state index contributed by atoms with van der Waals surface area (Å²) in [5.74, 6) is 1.60. The van der Waals surface area contributed by atoms with Crippen LogP contribution >= 0.6 is 0 Å². The lowest BCUT2D eigenvalue weighted by Crippen LogP contribution is -2.63. The van der Waals surface area contributed by atoms with Gasteiger partial charge in [0.1, 0.15) is 5.60 Å². The van der Waals surface area contributed by atoms with Crippen molar-refractivity contribution in [2.24, 2.45) is 4.99 Å². The third-order valence-electron chi connectivity index (χ3n) is 5.11. The van der Waals surface area contributed by atoms with E-state index in [-0.39, 0.29) is 12.1 Å². The zero-order valence-corrected chi connectivity index (χ0v) is 19.2. The number of hydrogen-bond acceptors (Lipinski definition) is 7. The second-order valence-electron chi connectivity index (χ2n) is 8.86. The quantitative estimate of drug-likeness (QED) is 0.503. The summed E-state index contributed by atoms with van der Waals surface area (Å²) in [6.45, 7) is 15.2. The largest absolute Gasteiger partial charge is 0.444 e. The number of nitrogens with one attached hydrogen (secondary N) is 2. The van der Waals surface area contributed by atoms with Crippen LogP contribution in [0.2, 0.25) is 0 Å². The molecule has 0 saturated carbocycles. The molecule has 0 aliphatic carbocycles. The van der Waals surface area contributed by atoms with Crippen molar-refractivity contribution in [3.05, 3.63) is 18.5 Å². The minimum Gasteiger partial charge on any atom is -0.444 e. The number of anilines is 1. The Labute approximate surface area is 185 Å². The number of likely N-dealkylation sites (tertiary alicyclic amines) is 1. The number of piperazine rings is 1. The molecule has 0 unspecified atom stereocenters. The average Bonchev–Trinajstić information content (AvgIpc) is 2.70. The molecule has 2 aliphatic heterocycles. The zero-order valence-electron chi connectivity index (χ0n) is 19.2. The molecule has 1 aromatic heterocycles. The Kier molecular flexibility index (Phi) is 7.89. The highest BCUT2D eigenvalue weighted by molar-refractivity contribution is 5.80. The van der Waals surface area contributed by atoms with E-state index in [2.05, 4.69) is 37.3 Å². The fourth-order valence-corrected chi connectivity index (χ4v) is 3.49. The van der Waals surface area contributed by atoms with Gasteiger partial charge in [0, 0.05) is 64.8 Å². The van der Waals surface area contributed by atoms with Crippen molar-refractivity contribution in [2.45, 2.75) is 39.3 Å². The van der Waals surface area contributed by atoms with E-state index in [1.807, 2.05) is 26.8 Å². The van der Waals surface area contributed by atoms with Gasteiger partial charge >= 0.3 is 6.09 Å². The van der Waals surface area contributed by atoms with Crippen LogP contribution in [0.4, 0.5) is 10.7 Å². The maximum absolute atomic E-state index is 12.1. The van der Waals surface area contributed by atoms with Crippen LogP contribution in [-0.4, -0.2) is 102 Å². The van der Waals surface area contributed by atoms with Crippen LogP contribution in [0.3, 0.4) is 0 Å². The Hall–Kier alpha value is -2.62. The van der Waals surface area contributed by atoms with Crippen LogP contribution in [0.5, 0.6) is 0 Å². The molecule has 2 fully saturated rings. The highest BCUT2D eigenvalue weighted by Crippen LogP contribution is 2.15. The molecular weight excluding hydrogens is 396 g/mol. The number of amides is 1. The molecule has 1 aromatic rings. The third-order valence-corrected chi connectivity index (χ3v) is 5.11. The summed E-state index contributed by atoms with van der Waals surface area (Å²) in [6, 6.07) is 2.03. The van der Waals surface area contributed by atoms with Crippen LogP contribution in [-0.2, 0) is 4.74 Å². The summed E-state index contributed by atoms with van der Waals surface area (Å²) in [4.78, 5) is 31.8. The Balaban J connectivity index is 1.37. The standard InChI is InChI=1S/C21H36N8O2/c1-5-22-18(26-17-15-29(16-17)20(30)31-21(2,3)4)23-9-10-27-11-13-28(14-12-27)19-24-7-6-8-25-19/h6-8,17H,5,9-16H2,1-4H3,(H2,22,23,26). The smallest absolute Gasteiger partial charge is 0.410 e. The molecule has 0 atom stereocenters. The summed E-state index contributed by atoms with van der Waals surface area (Å²) in [7, 11) is 0. The zero-order chi connectivity index (χ0) is 22.3. The molecule has 10 nitrogen and oxygen atoms in total. The van der Waals surface area contributed by atoms with Gasteiger partial charge in [-0.1, -0.05) is 0 Å². The average molecular weight is 433 g/mol. The summed E-state index contributed by atoms with van der Waals surface area (Å²) in [5, 5.41) is 6.71. The first-order valence-corrected chi connectivity index (χ1v) is 11.1. The fraction of sp³-hybridized carbons (Fsp3) is 0.714. The van der Waals surface area contributed by atoms with Crippen molar-refractivity contribution < 1.29 is 9.53 Å². The lowest BCUT2D eigenvalue weighted by Gasteiger charge is -2.40. The van der Waals surface area contributed by atoms with Crippen LogP contribution < -0.4 is 15.5 Å². The van der Waals surface area contributed by atoms with E-state index >= 15 is 0 Å². The number of ether oxygens (including phenoxy) is 1. The van der Waals surface area contributed by atoms with Crippen molar-refractivity contribution in [2.75, 3.05) is 63.8 Å². The summed E-state index contributed by atoms with van der Waals surface area (Å²) >= 11 is 0. The first-order chi connectivity index (χ1) is 14.8. The Morgan fingerprint density at radius 3 is 2.48 bits per heavy atom. The van der Waals surface area contributed by atoms with Crippen molar-refractivity contribution in [1.29, 1.82) is 0 Å². The predicted molar refractivity (Wildman–Crippen MR) is 121 cm³/mol. The second kappa shape index (κ2) is 10.6. The molecule has 31 heavy (non-hydrogen) atoms. The number of aliphatic imine (C=N–C) groups is 1. The molecule has 1 amide bonds. The Bertz CT molecular complexity index is 723. The van der Waals surface area contributed by atoms with E-state index in [1.165, 1.54) is 0 Å². The van der Waals surface area contributed by atoms with Gasteiger partial charge in [0.25, 0.3) is 0 Å². The van der Waals surface area contributed by atoms with Gasteiger partial charge in [-0.05, 0) is 33.8 Å². The van der Waals surface area contributed by atoms with Crippen LogP contribution in [0.25, 0.3) is 0 Å². The number of rotatable bonds is 6. The normalized spacial score (nSPS) is 18.5. The maximum Gasteiger partial charge on any atom is 0.410 e. The van der Waals surface area contributed by atoms with Crippen molar-refractivity contribution in [3.8, 4) is 0 Å². The molecule has 172 valence electrons. The summed E-state index contributed by atoms with van der Waals surface area (Å²) < 4.78 is 5.41. The van der Waals surface area contributed by atoms with E-state index in [0.717, 1.165) is 57.7 Å². The number of guanidine groups is 1. The van der Waals surface area contributed by atoms with Gasteiger partial charge < -0.3 is 25.2 Å². The number of nitrogens with zero attached hydrogens (tertiary/aromatic N) is 6. The monoisotopic (exact) mass is 432 g/mol. The SMILES string of the molecule is CCNC(=NCCN1CCN(c2ncccn2)CC1)NC1CN(C(=O)OC(C)(C)C)C1. The molecule has 0 aromatic carbocycles. The molecule has 3 heterocycles. The minimum absolute atomic E-state index is 0.194. The van der Waals surface area contributed by atoms with Gasteiger partial charge in [-0.15, -0.1) is 0 Å². The van der Waals surface area contributed by atoms with E-state index in [9.17, 15) is 4.79 Å². The van der Waals surface area contributed by atoms with Gasteiger partial charge in [0.2, 0.25) is 5.95 Å². The Morgan fingerprint density at radius 2 is 1.87 bits per heavy atom. The van der Waals surface area contributed by atoms with Gasteiger partial charge in [0.05, 0.1) is 12.6 Å². The molecule has 2 N–H and O–H groups in total. The highest BCUT2D eigenvalue weighted by atomic mass is 16.6. The number of hydrogen-bond donors (Lipinski definition) is 2. The van der Waals surface area contributed by atoms with Gasteiger partial charge in [-0.3, -0.25) is 9.89 Å². The maximum atomic E-state index is 12.1. The van der Waals surface area contributed by atoms with Crippen molar-refractivity contribution in [3.63, 3.8) is 0 Å². The summed E-state index contributed by atoms with van der Waals surface area (Å²) in [6.07, 6.45) is 3.31. The molecule has 10 heteroatoms. The van der Waals surface area contributed by atoms with Gasteiger partial charge in [-0.25, -0.2) is 14.8 Å². The molecule has 2 aliphatic rings.